The Balaban J connectivity index is 2.41. The zero-order valence-electron chi connectivity index (χ0n) is 12.4. The number of benzene rings is 1. The van der Waals surface area contributed by atoms with E-state index in [0.29, 0.717) is 0 Å². The van der Waals surface area contributed by atoms with Crippen molar-refractivity contribution in [3.8, 4) is 5.75 Å². The van der Waals surface area contributed by atoms with Gasteiger partial charge >= 0.3 is 0 Å². The zero-order valence-corrected chi connectivity index (χ0v) is 12.4. The monoisotopic (exact) mass is 263 g/mol. The molecular formula is C16H25NO2. The van der Waals surface area contributed by atoms with Gasteiger partial charge in [0.1, 0.15) is 5.75 Å². The van der Waals surface area contributed by atoms with Gasteiger partial charge in [0.05, 0.1) is 13.7 Å². The molecule has 19 heavy (non-hydrogen) atoms. The van der Waals surface area contributed by atoms with Gasteiger partial charge in [-0.25, -0.2) is 0 Å². The third-order valence-electron chi connectivity index (χ3n) is 4.66. The molecule has 2 rings (SSSR count). The summed E-state index contributed by atoms with van der Waals surface area (Å²) in [6.07, 6.45) is 3.41. The van der Waals surface area contributed by atoms with Crippen LogP contribution in [0.3, 0.4) is 0 Å². The molecule has 0 heterocycles. The van der Waals surface area contributed by atoms with Crippen LogP contribution < -0.4 is 10.1 Å². The van der Waals surface area contributed by atoms with E-state index < -0.39 is 0 Å². The molecule has 0 aliphatic heterocycles. The number of hydrogen-bond donors (Lipinski definition) is 2. The topological polar surface area (TPSA) is 41.5 Å². The summed E-state index contributed by atoms with van der Waals surface area (Å²) in [5, 5.41) is 13.2. The van der Waals surface area contributed by atoms with Gasteiger partial charge in [0, 0.05) is 11.5 Å². The molecule has 0 bridgehead atoms. The molecule has 0 saturated heterocycles. The van der Waals surface area contributed by atoms with Crippen LogP contribution in [0.15, 0.2) is 12.1 Å². The fourth-order valence-corrected chi connectivity index (χ4v) is 3.30. The third-order valence-corrected chi connectivity index (χ3v) is 4.66. The minimum Gasteiger partial charge on any atom is -0.496 e. The summed E-state index contributed by atoms with van der Waals surface area (Å²) in [6, 6.07) is 4.51. The Hall–Kier alpha value is -1.06. The van der Waals surface area contributed by atoms with E-state index in [4.69, 9.17) is 4.74 Å². The van der Waals surface area contributed by atoms with E-state index in [1.807, 2.05) is 7.05 Å². The lowest BCUT2D eigenvalue weighted by Crippen LogP contribution is -2.45. The van der Waals surface area contributed by atoms with Crippen LogP contribution in [0, 0.1) is 19.3 Å². The van der Waals surface area contributed by atoms with Crippen molar-refractivity contribution in [2.75, 3.05) is 20.8 Å². The maximum atomic E-state index is 9.80. The first-order valence-corrected chi connectivity index (χ1v) is 7.01. The standard InChI is InChI=1S/C16H25NO2/c1-11-9-14(19-4)12(2)8-13(11)15(17-3)16(10-18)6-5-7-16/h8-9,15,17-18H,5-7,10H2,1-4H3. The number of aliphatic hydroxyl groups excluding tert-OH is 1. The predicted octanol–water partition coefficient (Wildman–Crippen LogP) is 2.74. The van der Waals surface area contributed by atoms with Gasteiger partial charge in [-0.1, -0.05) is 12.5 Å². The summed E-state index contributed by atoms with van der Waals surface area (Å²) >= 11 is 0. The molecule has 0 radical (unpaired) electrons. The lowest BCUT2D eigenvalue weighted by atomic mass is 9.62. The van der Waals surface area contributed by atoms with Crippen LogP contribution in [0.4, 0.5) is 0 Å². The normalized spacial score (nSPS) is 18.8. The van der Waals surface area contributed by atoms with E-state index in [2.05, 4.69) is 31.3 Å². The molecule has 0 spiro atoms. The first-order valence-electron chi connectivity index (χ1n) is 7.01. The van der Waals surface area contributed by atoms with Crippen molar-refractivity contribution >= 4 is 0 Å². The van der Waals surface area contributed by atoms with Gasteiger partial charge in [-0.15, -0.1) is 0 Å². The van der Waals surface area contributed by atoms with Gasteiger partial charge in [0.15, 0.2) is 0 Å². The SMILES string of the molecule is CNC(c1cc(C)c(OC)cc1C)C1(CO)CCC1. The van der Waals surface area contributed by atoms with E-state index in [-0.39, 0.29) is 18.1 Å². The van der Waals surface area contributed by atoms with E-state index in [0.717, 1.165) is 24.2 Å². The molecule has 1 atom stereocenters. The van der Waals surface area contributed by atoms with E-state index in [9.17, 15) is 5.11 Å². The van der Waals surface area contributed by atoms with Crippen LogP contribution >= 0.6 is 0 Å². The van der Waals surface area contributed by atoms with Crippen LogP contribution in [-0.2, 0) is 0 Å². The summed E-state index contributed by atoms with van der Waals surface area (Å²) in [5.41, 5.74) is 3.67. The minimum absolute atomic E-state index is 0.0144. The number of aliphatic hydroxyl groups is 1. The molecule has 1 saturated carbocycles. The molecule has 0 aromatic heterocycles. The second-order valence-electron chi connectivity index (χ2n) is 5.77. The molecule has 1 aliphatic rings. The maximum Gasteiger partial charge on any atom is 0.122 e. The van der Waals surface area contributed by atoms with Gasteiger partial charge in [0.2, 0.25) is 0 Å². The fraction of sp³-hybridized carbons (Fsp3) is 0.625. The molecule has 3 heteroatoms. The van der Waals surface area contributed by atoms with Crippen LogP contribution in [-0.4, -0.2) is 25.9 Å². The molecule has 1 aromatic rings. The highest BCUT2D eigenvalue weighted by molar-refractivity contribution is 5.43. The molecule has 1 fully saturated rings. The third kappa shape index (κ3) is 2.37. The number of ether oxygens (including phenoxy) is 1. The average Bonchev–Trinajstić information content (AvgIpc) is 2.36. The maximum absolute atomic E-state index is 9.80. The Kier molecular flexibility index (Phi) is 4.16. The molecule has 2 N–H and O–H groups in total. The van der Waals surface area contributed by atoms with Crippen LogP contribution in [0.2, 0.25) is 0 Å². The molecule has 1 aliphatic carbocycles. The van der Waals surface area contributed by atoms with E-state index in [1.54, 1.807) is 7.11 Å². The number of hydrogen-bond acceptors (Lipinski definition) is 3. The Morgan fingerprint density at radius 1 is 1.32 bits per heavy atom. The lowest BCUT2D eigenvalue weighted by molar-refractivity contribution is 0.00761. The van der Waals surface area contributed by atoms with Crippen LogP contribution in [0.25, 0.3) is 0 Å². The first kappa shape index (κ1) is 14.4. The van der Waals surface area contributed by atoms with Gasteiger partial charge in [0.25, 0.3) is 0 Å². The number of methoxy groups -OCH3 is 1. The Morgan fingerprint density at radius 2 is 2.00 bits per heavy atom. The van der Waals surface area contributed by atoms with Crippen molar-refractivity contribution in [1.82, 2.24) is 5.32 Å². The van der Waals surface area contributed by atoms with Gasteiger partial charge in [-0.2, -0.15) is 0 Å². The second kappa shape index (κ2) is 5.51. The highest BCUT2D eigenvalue weighted by Crippen LogP contribution is 2.50. The van der Waals surface area contributed by atoms with Gasteiger partial charge < -0.3 is 15.2 Å². The number of aryl methyl sites for hydroxylation is 2. The molecule has 3 nitrogen and oxygen atoms in total. The van der Waals surface area contributed by atoms with Crippen LogP contribution in [0.1, 0.15) is 42.0 Å². The van der Waals surface area contributed by atoms with Gasteiger partial charge in [-0.05, 0) is 56.5 Å². The van der Waals surface area contributed by atoms with Crippen molar-refractivity contribution in [3.05, 3.63) is 28.8 Å². The van der Waals surface area contributed by atoms with Crippen molar-refractivity contribution < 1.29 is 9.84 Å². The minimum atomic E-state index is 0.0144. The van der Waals surface area contributed by atoms with Crippen molar-refractivity contribution in [3.63, 3.8) is 0 Å². The highest BCUT2D eigenvalue weighted by atomic mass is 16.5. The van der Waals surface area contributed by atoms with Crippen molar-refractivity contribution in [2.24, 2.45) is 5.41 Å². The molecule has 1 aromatic carbocycles. The van der Waals surface area contributed by atoms with Crippen molar-refractivity contribution in [2.45, 2.75) is 39.2 Å². The van der Waals surface area contributed by atoms with Crippen molar-refractivity contribution in [1.29, 1.82) is 0 Å². The summed E-state index contributed by atoms with van der Waals surface area (Å²) in [4.78, 5) is 0. The summed E-state index contributed by atoms with van der Waals surface area (Å²) in [7, 11) is 3.69. The van der Waals surface area contributed by atoms with Crippen LogP contribution in [0.5, 0.6) is 5.75 Å². The predicted molar refractivity (Wildman–Crippen MR) is 77.6 cm³/mol. The molecule has 0 amide bonds. The second-order valence-corrected chi connectivity index (χ2v) is 5.77. The Morgan fingerprint density at radius 3 is 2.42 bits per heavy atom. The molecular weight excluding hydrogens is 238 g/mol. The van der Waals surface area contributed by atoms with E-state index >= 15 is 0 Å². The lowest BCUT2D eigenvalue weighted by Gasteiger charge is -2.47. The van der Waals surface area contributed by atoms with E-state index in [1.165, 1.54) is 17.5 Å². The molecule has 1 unspecified atom stereocenters. The quantitative estimate of drug-likeness (QED) is 0.858. The highest BCUT2D eigenvalue weighted by Gasteiger charge is 2.44. The summed E-state index contributed by atoms with van der Waals surface area (Å²) < 4.78 is 5.38. The fourth-order valence-electron chi connectivity index (χ4n) is 3.30. The largest absolute Gasteiger partial charge is 0.496 e. The summed E-state index contributed by atoms with van der Waals surface area (Å²) in [6.45, 7) is 4.44. The Bertz CT molecular complexity index is 447. The first-order chi connectivity index (χ1) is 9.07. The average molecular weight is 263 g/mol. The Labute approximate surface area is 116 Å². The summed E-state index contributed by atoms with van der Waals surface area (Å²) in [5.74, 6) is 0.933. The number of nitrogens with one attached hydrogen (secondary N) is 1. The zero-order chi connectivity index (χ0) is 14.0. The van der Waals surface area contributed by atoms with Gasteiger partial charge in [-0.3, -0.25) is 0 Å². The smallest absolute Gasteiger partial charge is 0.122 e. The molecule has 106 valence electrons. The number of rotatable bonds is 5.